The smallest absolute Gasteiger partial charge is 1.00 e. The third-order valence-electron chi connectivity index (χ3n) is 4.52. The van der Waals surface area contributed by atoms with Gasteiger partial charge in [0.2, 0.25) is 0 Å². The van der Waals surface area contributed by atoms with Gasteiger partial charge in [-0.25, -0.2) is 0 Å². The zero-order valence-electron chi connectivity index (χ0n) is 14.2. The summed E-state index contributed by atoms with van der Waals surface area (Å²) < 4.78 is 5.97. The molecule has 2 unspecified atom stereocenters. The van der Waals surface area contributed by atoms with Gasteiger partial charge in [0.25, 0.3) is 0 Å². The Balaban J connectivity index is 0. The summed E-state index contributed by atoms with van der Waals surface area (Å²) in [4.78, 5) is 0. The standard InChI is InChI=1S/C9H13.C4H10N.C2H7Si.2ClH.Zr/c1-6-5-7(2)9(4)8(6)3;1-3-4(2)5;1-3-2;;;/h6H,1-4H3;4-5H,3H2,1-2H3;3H,1-2H3;2*1H;/q;-1;;;;+3/p-2. The fourth-order valence-corrected chi connectivity index (χ4v) is 20.5. The quantitative estimate of drug-likeness (QED) is 0.522. The van der Waals surface area contributed by atoms with Crippen molar-refractivity contribution < 1.29 is 46.0 Å². The van der Waals surface area contributed by atoms with Crippen molar-refractivity contribution in [3.8, 4) is 0 Å². The molecule has 1 aliphatic carbocycles. The van der Waals surface area contributed by atoms with E-state index in [9.17, 15) is 0 Å². The van der Waals surface area contributed by atoms with Gasteiger partial charge in [-0.1, -0.05) is 0 Å². The average molecular weight is 415 g/mol. The van der Waals surface area contributed by atoms with Crippen LogP contribution < -0.4 is 28.1 Å². The molecule has 0 aromatic carbocycles. The molecule has 0 heterocycles. The van der Waals surface area contributed by atoms with Gasteiger partial charge in [0, 0.05) is 0 Å². The average Bonchev–Trinajstić information content (AvgIpc) is 2.51. The van der Waals surface area contributed by atoms with Crippen molar-refractivity contribution in [2.45, 2.75) is 67.1 Å². The summed E-state index contributed by atoms with van der Waals surface area (Å²) in [5.74, 6) is 0.188. The molecule has 0 fully saturated rings. The Kier molecular flexibility index (Phi) is 11.7. The first kappa shape index (κ1) is 23.4. The van der Waals surface area contributed by atoms with Crippen molar-refractivity contribution in [3.63, 3.8) is 0 Å². The Morgan fingerprint density at radius 1 is 1.15 bits per heavy atom. The summed E-state index contributed by atoms with van der Waals surface area (Å²) in [5, 5.41) is 0. The zero-order valence-corrected chi connectivity index (χ0v) is 19.3. The second kappa shape index (κ2) is 10.0. The Morgan fingerprint density at radius 2 is 1.65 bits per heavy atom. The minimum atomic E-state index is -1.55. The van der Waals surface area contributed by atoms with E-state index in [2.05, 4.69) is 57.9 Å². The van der Waals surface area contributed by atoms with Crippen LogP contribution in [0.25, 0.3) is 0 Å². The molecule has 0 aliphatic heterocycles. The normalized spacial score (nSPS) is 19.9. The van der Waals surface area contributed by atoms with E-state index in [4.69, 9.17) is 0 Å². The van der Waals surface area contributed by atoms with Gasteiger partial charge < -0.3 is 24.8 Å². The molecular weight excluding hydrogens is 384 g/mol. The fourth-order valence-electron chi connectivity index (χ4n) is 2.72. The maximum atomic E-state index is 4.08. The molecular formula is C15H30Cl2NSiZr. The maximum Gasteiger partial charge on any atom is -1.00 e. The molecule has 5 heteroatoms. The van der Waals surface area contributed by atoms with Crippen LogP contribution in [-0.4, -0.2) is 12.0 Å². The molecule has 0 aromatic heterocycles. The minimum absolute atomic E-state index is 0. The molecule has 0 aromatic rings. The molecule has 0 amide bonds. The number of halogens is 2. The van der Waals surface area contributed by atoms with Crippen LogP contribution in [0.2, 0.25) is 13.1 Å². The van der Waals surface area contributed by atoms with Crippen LogP contribution in [0.5, 0.6) is 0 Å². The van der Waals surface area contributed by atoms with Crippen molar-refractivity contribution in [2.24, 2.45) is 5.92 Å². The monoisotopic (exact) mass is 412 g/mol. The van der Waals surface area contributed by atoms with Crippen LogP contribution in [0.1, 0.15) is 48.0 Å². The van der Waals surface area contributed by atoms with E-state index in [1.54, 1.807) is 16.7 Å². The predicted octanol–water partition coefficient (Wildman–Crippen LogP) is -1.84. The summed E-state index contributed by atoms with van der Waals surface area (Å²) >= 11 is -1.55. The van der Waals surface area contributed by atoms with E-state index in [1.165, 1.54) is 6.42 Å². The van der Waals surface area contributed by atoms with Gasteiger partial charge in [-0.15, -0.1) is 0 Å². The van der Waals surface area contributed by atoms with Gasteiger partial charge in [0.05, 0.1) is 0 Å². The van der Waals surface area contributed by atoms with Crippen molar-refractivity contribution in [1.29, 1.82) is 0 Å². The van der Waals surface area contributed by atoms with E-state index in [-0.39, 0.29) is 24.8 Å². The van der Waals surface area contributed by atoms with Crippen molar-refractivity contribution in [3.05, 3.63) is 20.0 Å². The number of hydrogen-bond donors (Lipinski definition) is 1. The molecule has 20 heavy (non-hydrogen) atoms. The summed E-state index contributed by atoms with van der Waals surface area (Å²) in [6.07, 6.45) is 1.26. The Hall–Kier alpha value is 1.12. The van der Waals surface area contributed by atoms with Gasteiger partial charge >= 0.3 is 123 Å². The van der Waals surface area contributed by atoms with E-state index in [1.807, 2.05) is 3.28 Å². The van der Waals surface area contributed by atoms with Crippen LogP contribution in [0, 0.1) is 5.92 Å². The van der Waals surface area contributed by atoms with E-state index >= 15 is 0 Å². The number of rotatable bonds is 5. The first-order valence-electron chi connectivity index (χ1n) is 7.33. The molecule has 2 atom stereocenters. The fraction of sp³-hybridized carbons (Fsp3) is 0.733. The van der Waals surface area contributed by atoms with E-state index < -0.39 is 27.1 Å². The largest absolute Gasteiger partial charge is 1.00 e. The van der Waals surface area contributed by atoms with E-state index in [0.29, 0.717) is 6.04 Å². The van der Waals surface area contributed by atoms with Crippen LogP contribution in [0.3, 0.4) is 0 Å². The van der Waals surface area contributed by atoms with Crippen LogP contribution in [-0.2, 0) is 21.2 Å². The van der Waals surface area contributed by atoms with E-state index in [0.717, 1.165) is 5.92 Å². The van der Waals surface area contributed by atoms with Crippen molar-refractivity contribution >= 4 is 5.92 Å². The Morgan fingerprint density at radius 3 is 1.95 bits per heavy atom. The number of nitrogens with one attached hydrogen (secondary N) is 1. The van der Waals surface area contributed by atoms with Gasteiger partial charge in [-0.2, -0.15) is 0 Å². The second-order valence-electron chi connectivity index (χ2n) is 6.09. The third-order valence-corrected chi connectivity index (χ3v) is 22.4. The maximum absolute atomic E-state index is 4.08. The summed E-state index contributed by atoms with van der Waals surface area (Å²) in [7, 11) is 0. The predicted molar refractivity (Wildman–Crippen MR) is 82.0 cm³/mol. The van der Waals surface area contributed by atoms with Crippen molar-refractivity contribution in [2.75, 3.05) is 0 Å². The van der Waals surface area contributed by atoms with Gasteiger partial charge in [0.1, 0.15) is 0 Å². The summed E-state index contributed by atoms with van der Waals surface area (Å²) in [5.41, 5.74) is 4.85. The second-order valence-corrected chi connectivity index (χ2v) is 24.4. The molecule has 0 spiro atoms. The third kappa shape index (κ3) is 5.09. The van der Waals surface area contributed by atoms with Crippen molar-refractivity contribution in [1.82, 2.24) is 3.26 Å². The number of hydrogen-bond acceptors (Lipinski definition) is 1. The molecule has 1 nitrogen and oxygen atoms in total. The minimum Gasteiger partial charge on any atom is -1.00 e. The molecule has 0 radical (unpaired) electrons. The molecule has 1 aliphatic rings. The Bertz CT molecular complexity index is 380. The zero-order chi connectivity index (χ0) is 14.0. The van der Waals surface area contributed by atoms with Crippen LogP contribution in [0.15, 0.2) is 20.0 Å². The van der Waals surface area contributed by atoms with Crippen LogP contribution in [0.4, 0.5) is 0 Å². The first-order valence-corrected chi connectivity index (χ1v) is 16.9. The molecule has 117 valence electrons. The van der Waals surface area contributed by atoms with Gasteiger partial charge in [-0.05, 0) is 0 Å². The molecule has 1 N–H and O–H groups in total. The molecule has 1 rings (SSSR count). The number of allylic oxidation sites excluding steroid dienone is 4. The topological polar surface area (TPSA) is 12.0 Å². The van der Waals surface area contributed by atoms with Gasteiger partial charge in [0.15, 0.2) is 0 Å². The van der Waals surface area contributed by atoms with Gasteiger partial charge in [-0.3, -0.25) is 0 Å². The summed E-state index contributed by atoms with van der Waals surface area (Å²) in [6, 6.07) is 0.711. The van der Waals surface area contributed by atoms with Crippen LogP contribution >= 0.6 is 0 Å². The Labute approximate surface area is 147 Å². The SMILES string of the molecule is CCC(C)[NH][Zr+2]([C]1=C(C)C(C)=C(C)C1C)[SiH](C)C.[Cl-].[Cl-]. The molecule has 0 saturated heterocycles. The first-order chi connectivity index (χ1) is 8.31. The molecule has 0 bridgehead atoms. The summed E-state index contributed by atoms with van der Waals surface area (Å²) in [6.45, 7) is 19.2. The molecule has 0 saturated carbocycles.